The summed E-state index contributed by atoms with van der Waals surface area (Å²) in [6.45, 7) is 5.37. The van der Waals surface area contributed by atoms with Crippen LogP contribution in [0.3, 0.4) is 0 Å². The van der Waals surface area contributed by atoms with Crippen LogP contribution in [0.15, 0.2) is 24.3 Å². The molecule has 0 unspecified atom stereocenters. The van der Waals surface area contributed by atoms with Gasteiger partial charge in [0.15, 0.2) is 0 Å². The summed E-state index contributed by atoms with van der Waals surface area (Å²) in [6.07, 6.45) is 0. The largest absolute Gasteiger partial charge is 0.492 e. The zero-order valence-corrected chi connectivity index (χ0v) is 18.1. The Hall–Kier alpha value is -2.91. The lowest BCUT2D eigenvalue weighted by molar-refractivity contribution is -0.117. The van der Waals surface area contributed by atoms with Crippen molar-refractivity contribution in [3.05, 3.63) is 45.8 Å². The summed E-state index contributed by atoms with van der Waals surface area (Å²) in [5.74, 6) is -0.322. The van der Waals surface area contributed by atoms with Crippen LogP contribution < -0.4 is 15.4 Å². The normalized spacial score (nSPS) is 13.6. The number of fused-ring (bicyclic) bond motifs is 1. The maximum atomic E-state index is 12.8. The quantitative estimate of drug-likeness (QED) is 0.682. The highest BCUT2D eigenvalue weighted by Gasteiger charge is 2.27. The molecule has 2 heterocycles. The van der Waals surface area contributed by atoms with E-state index in [9.17, 15) is 14.4 Å². The van der Waals surface area contributed by atoms with Crippen LogP contribution in [0.4, 0.5) is 5.00 Å². The monoisotopic (exact) mass is 431 g/mol. The predicted octanol–water partition coefficient (Wildman–Crippen LogP) is 2.43. The minimum atomic E-state index is -0.561. The van der Waals surface area contributed by atoms with Crippen molar-refractivity contribution < 1.29 is 23.9 Å². The van der Waals surface area contributed by atoms with Gasteiger partial charge < -0.3 is 20.1 Å². The SMILES string of the molecule is CCOC(=O)c1c(NC(=O)CN2CCOc3ccccc3C2)sc(C(=O)NC)c1C. The van der Waals surface area contributed by atoms with Crippen molar-refractivity contribution in [2.45, 2.75) is 20.4 Å². The summed E-state index contributed by atoms with van der Waals surface area (Å²) in [6, 6.07) is 7.75. The van der Waals surface area contributed by atoms with Gasteiger partial charge in [0.05, 0.1) is 23.6 Å². The van der Waals surface area contributed by atoms with Gasteiger partial charge in [-0.2, -0.15) is 0 Å². The summed E-state index contributed by atoms with van der Waals surface area (Å²) >= 11 is 1.07. The number of rotatable bonds is 6. The maximum Gasteiger partial charge on any atom is 0.341 e. The van der Waals surface area contributed by atoms with E-state index < -0.39 is 5.97 Å². The van der Waals surface area contributed by atoms with Gasteiger partial charge in [0, 0.05) is 25.7 Å². The fourth-order valence-electron chi connectivity index (χ4n) is 3.26. The first-order valence-corrected chi connectivity index (χ1v) is 10.5. The Morgan fingerprint density at radius 1 is 1.27 bits per heavy atom. The number of carbonyl (C=O) groups excluding carboxylic acids is 3. The number of esters is 1. The third kappa shape index (κ3) is 4.80. The summed E-state index contributed by atoms with van der Waals surface area (Å²) in [4.78, 5) is 39.7. The second kappa shape index (κ2) is 9.73. The highest BCUT2D eigenvalue weighted by Crippen LogP contribution is 2.34. The molecule has 3 rings (SSSR count). The van der Waals surface area contributed by atoms with E-state index in [1.54, 1.807) is 13.8 Å². The van der Waals surface area contributed by atoms with Crippen molar-refractivity contribution in [3.63, 3.8) is 0 Å². The molecular formula is C21H25N3O5S. The molecule has 1 aromatic heterocycles. The van der Waals surface area contributed by atoms with E-state index in [1.807, 2.05) is 29.2 Å². The van der Waals surface area contributed by atoms with Gasteiger partial charge in [-0.1, -0.05) is 18.2 Å². The zero-order chi connectivity index (χ0) is 21.7. The molecule has 0 atom stereocenters. The van der Waals surface area contributed by atoms with Crippen molar-refractivity contribution >= 4 is 34.1 Å². The molecule has 160 valence electrons. The van der Waals surface area contributed by atoms with E-state index in [1.165, 1.54) is 7.05 Å². The smallest absolute Gasteiger partial charge is 0.341 e. The number of carbonyl (C=O) groups is 3. The Morgan fingerprint density at radius 2 is 2.03 bits per heavy atom. The summed E-state index contributed by atoms with van der Waals surface area (Å²) in [5, 5.41) is 5.67. The predicted molar refractivity (Wildman–Crippen MR) is 114 cm³/mol. The molecular weight excluding hydrogens is 406 g/mol. The van der Waals surface area contributed by atoms with Gasteiger partial charge in [-0.05, 0) is 25.5 Å². The first kappa shape index (κ1) is 21.8. The minimum absolute atomic E-state index is 0.131. The molecule has 0 bridgehead atoms. The molecule has 0 aliphatic carbocycles. The lowest BCUT2D eigenvalue weighted by atomic mass is 10.1. The maximum absolute atomic E-state index is 12.8. The van der Waals surface area contributed by atoms with Crippen molar-refractivity contribution in [1.82, 2.24) is 10.2 Å². The van der Waals surface area contributed by atoms with Crippen LogP contribution in [0.2, 0.25) is 0 Å². The van der Waals surface area contributed by atoms with Crippen LogP contribution in [-0.2, 0) is 16.1 Å². The van der Waals surface area contributed by atoms with Crippen LogP contribution in [0.5, 0.6) is 5.75 Å². The lowest BCUT2D eigenvalue weighted by Gasteiger charge is -2.18. The van der Waals surface area contributed by atoms with Gasteiger partial charge in [-0.25, -0.2) is 4.79 Å². The van der Waals surface area contributed by atoms with Crippen LogP contribution in [0.1, 0.15) is 38.1 Å². The molecule has 0 saturated heterocycles. The summed E-state index contributed by atoms with van der Waals surface area (Å²) in [5.41, 5.74) is 1.73. The molecule has 30 heavy (non-hydrogen) atoms. The fraction of sp³-hybridized carbons (Fsp3) is 0.381. The van der Waals surface area contributed by atoms with Gasteiger partial charge in [0.25, 0.3) is 5.91 Å². The average molecular weight is 432 g/mol. The van der Waals surface area contributed by atoms with Crippen molar-refractivity contribution in [2.75, 3.05) is 38.7 Å². The number of amides is 2. The number of thiophene rings is 1. The van der Waals surface area contributed by atoms with Crippen molar-refractivity contribution in [1.29, 1.82) is 0 Å². The number of benzene rings is 1. The van der Waals surface area contributed by atoms with Gasteiger partial charge in [0.1, 0.15) is 17.4 Å². The topological polar surface area (TPSA) is 97.0 Å². The molecule has 1 aromatic carbocycles. The molecule has 8 nitrogen and oxygen atoms in total. The summed E-state index contributed by atoms with van der Waals surface area (Å²) in [7, 11) is 1.52. The molecule has 0 fully saturated rings. The highest BCUT2D eigenvalue weighted by atomic mass is 32.1. The number of hydrogen-bond acceptors (Lipinski definition) is 7. The molecule has 9 heteroatoms. The highest BCUT2D eigenvalue weighted by molar-refractivity contribution is 7.18. The van der Waals surface area contributed by atoms with E-state index >= 15 is 0 Å². The number of anilines is 1. The van der Waals surface area contributed by atoms with E-state index in [2.05, 4.69) is 10.6 Å². The first-order valence-electron chi connectivity index (χ1n) is 9.70. The fourth-order valence-corrected chi connectivity index (χ4v) is 4.42. The van der Waals surface area contributed by atoms with Crippen LogP contribution in [0, 0.1) is 6.92 Å². The number of nitrogens with one attached hydrogen (secondary N) is 2. The molecule has 2 amide bonds. The lowest BCUT2D eigenvalue weighted by Crippen LogP contribution is -2.34. The van der Waals surface area contributed by atoms with E-state index in [-0.39, 0.29) is 30.5 Å². The molecule has 1 aliphatic heterocycles. The van der Waals surface area contributed by atoms with Gasteiger partial charge in [-0.3, -0.25) is 14.5 Å². The Balaban J connectivity index is 1.77. The Kier molecular flexibility index (Phi) is 7.07. The van der Waals surface area contributed by atoms with Crippen LogP contribution >= 0.6 is 11.3 Å². The standard InChI is InChI=1S/C21H25N3O5S/c1-4-28-21(27)17-13(2)18(19(26)22-3)30-20(17)23-16(25)12-24-9-10-29-15-8-6-5-7-14(15)11-24/h5-8H,4,9-12H2,1-3H3,(H,22,26)(H,23,25). The number of ether oxygens (including phenoxy) is 2. The van der Waals surface area contributed by atoms with Gasteiger partial charge in [0.2, 0.25) is 5.91 Å². The van der Waals surface area contributed by atoms with Gasteiger partial charge in [-0.15, -0.1) is 11.3 Å². The molecule has 2 N–H and O–H groups in total. The molecule has 0 radical (unpaired) electrons. The van der Waals surface area contributed by atoms with Crippen LogP contribution in [0.25, 0.3) is 0 Å². The number of hydrogen-bond donors (Lipinski definition) is 2. The minimum Gasteiger partial charge on any atom is -0.492 e. The van der Waals surface area contributed by atoms with E-state index in [0.717, 1.165) is 22.6 Å². The third-order valence-electron chi connectivity index (χ3n) is 4.71. The van der Waals surface area contributed by atoms with E-state index in [4.69, 9.17) is 9.47 Å². The second-order valence-corrected chi connectivity index (χ2v) is 7.80. The van der Waals surface area contributed by atoms with E-state index in [0.29, 0.717) is 35.1 Å². The Morgan fingerprint density at radius 3 is 2.77 bits per heavy atom. The van der Waals surface area contributed by atoms with Crippen molar-refractivity contribution in [3.8, 4) is 5.75 Å². The molecule has 2 aromatic rings. The number of para-hydroxylation sites is 1. The number of nitrogens with zero attached hydrogens (tertiary/aromatic N) is 1. The Bertz CT molecular complexity index is 956. The average Bonchev–Trinajstić information content (AvgIpc) is 2.90. The third-order valence-corrected chi connectivity index (χ3v) is 5.92. The Labute approximate surface area is 179 Å². The first-order chi connectivity index (χ1) is 14.4. The summed E-state index contributed by atoms with van der Waals surface area (Å²) < 4.78 is 10.9. The van der Waals surface area contributed by atoms with Crippen molar-refractivity contribution in [2.24, 2.45) is 0 Å². The molecule has 0 spiro atoms. The second-order valence-electron chi connectivity index (χ2n) is 6.77. The van der Waals surface area contributed by atoms with Gasteiger partial charge >= 0.3 is 5.97 Å². The van der Waals surface area contributed by atoms with Crippen LogP contribution in [-0.4, -0.2) is 56.0 Å². The zero-order valence-electron chi connectivity index (χ0n) is 17.2. The molecule has 0 saturated carbocycles. The molecule has 1 aliphatic rings.